The molecule has 0 bridgehead atoms. The highest BCUT2D eigenvalue weighted by atomic mass is 19.1. The van der Waals surface area contributed by atoms with Crippen LogP contribution >= 0.6 is 0 Å². The molecule has 7 nitrogen and oxygen atoms in total. The van der Waals surface area contributed by atoms with E-state index in [-0.39, 0.29) is 18.1 Å². The van der Waals surface area contributed by atoms with E-state index in [4.69, 9.17) is 9.47 Å². The van der Waals surface area contributed by atoms with Gasteiger partial charge in [-0.05, 0) is 74.3 Å². The molecule has 1 amide bonds. The Labute approximate surface area is 219 Å². The molecule has 2 aromatic rings. The molecule has 0 radical (unpaired) electrons. The number of halogens is 1. The summed E-state index contributed by atoms with van der Waals surface area (Å²) in [5.74, 6) is 3.26. The van der Waals surface area contributed by atoms with E-state index < -0.39 is 0 Å². The van der Waals surface area contributed by atoms with Crippen LogP contribution in [-0.4, -0.2) is 60.7 Å². The standard InChI is InChI=1S/C29H39FN4O3/c1-36-20-21-18-31-29(32-19-21)34-12-7-22(8-13-34)26-15-23(26)9-14-37-25-6-5-24(27(30)17-25)16-28(35)33-10-3-2-4-11-33/h5-6,17-19,22-23,26H,2-4,7-16,20H2,1H3/t23-,26-/m0/s1. The predicted octanol–water partition coefficient (Wildman–Crippen LogP) is 4.64. The van der Waals surface area contributed by atoms with Crippen LogP contribution in [0.25, 0.3) is 0 Å². The summed E-state index contributed by atoms with van der Waals surface area (Å²) in [5.41, 5.74) is 1.44. The highest BCUT2D eigenvalue weighted by molar-refractivity contribution is 5.79. The fourth-order valence-electron chi connectivity index (χ4n) is 5.97. The van der Waals surface area contributed by atoms with Crippen LogP contribution in [0.15, 0.2) is 30.6 Å². The lowest BCUT2D eigenvalue weighted by atomic mass is 9.90. The number of rotatable bonds is 10. The van der Waals surface area contributed by atoms with Crippen molar-refractivity contribution in [3.63, 3.8) is 0 Å². The zero-order valence-electron chi connectivity index (χ0n) is 21.9. The van der Waals surface area contributed by atoms with Crippen molar-refractivity contribution < 1.29 is 18.7 Å². The topological polar surface area (TPSA) is 67.8 Å². The van der Waals surface area contributed by atoms with Crippen LogP contribution in [0.3, 0.4) is 0 Å². The largest absolute Gasteiger partial charge is 0.493 e. The van der Waals surface area contributed by atoms with E-state index in [1.807, 2.05) is 17.3 Å². The maximum Gasteiger partial charge on any atom is 0.227 e. The van der Waals surface area contributed by atoms with Gasteiger partial charge in [-0.25, -0.2) is 14.4 Å². The number of carbonyl (C=O) groups excluding carboxylic acids is 1. The van der Waals surface area contributed by atoms with Gasteiger partial charge in [0, 0.05) is 57.3 Å². The molecule has 3 fully saturated rings. The van der Waals surface area contributed by atoms with Gasteiger partial charge in [-0.1, -0.05) is 6.07 Å². The lowest BCUT2D eigenvalue weighted by Gasteiger charge is -2.32. The number of hydrogen-bond acceptors (Lipinski definition) is 6. The average molecular weight is 511 g/mol. The van der Waals surface area contributed by atoms with Gasteiger partial charge in [0.1, 0.15) is 11.6 Å². The summed E-state index contributed by atoms with van der Waals surface area (Å²) < 4.78 is 25.6. The van der Waals surface area contributed by atoms with Crippen LogP contribution in [0, 0.1) is 23.6 Å². The van der Waals surface area contributed by atoms with E-state index in [1.165, 1.54) is 31.7 Å². The summed E-state index contributed by atoms with van der Waals surface area (Å²) in [5, 5.41) is 0. The Morgan fingerprint density at radius 2 is 1.84 bits per heavy atom. The molecule has 1 aromatic carbocycles. The molecule has 200 valence electrons. The molecule has 3 aliphatic rings. The Morgan fingerprint density at radius 1 is 1.08 bits per heavy atom. The van der Waals surface area contributed by atoms with Gasteiger partial charge in [0.2, 0.25) is 11.9 Å². The average Bonchev–Trinajstić information content (AvgIpc) is 3.71. The van der Waals surface area contributed by atoms with E-state index in [0.29, 0.717) is 30.4 Å². The van der Waals surface area contributed by atoms with Crippen molar-refractivity contribution in [1.29, 1.82) is 0 Å². The van der Waals surface area contributed by atoms with Gasteiger partial charge in [-0.15, -0.1) is 0 Å². The molecule has 2 aliphatic heterocycles. The molecule has 0 spiro atoms. The first-order valence-electron chi connectivity index (χ1n) is 13.8. The minimum Gasteiger partial charge on any atom is -0.493 e. The Balaban J connectivity index is 1.01. The first kappa shape index (κ1) is 25.9. The molecule has 3 heterocycles. The Bertz CT molecular complexity index is 1040. The molecular weight excluding hydrogens is 471 g/mol. The van der Waals surface area contributed by atoms with Crippen LogP contribution in [0.1, 0.15) is 56.1 Å². The summed E-state index contributed by atoms with van der Waals surface area (Å²) >= 11 is 0. The van der Waals surface area contributed by atoms with Crippen LogP contribution in [-0.2, 0) is 22.6 Å². The number of amides is 1. The van der Waals surface area contributed by atoms with E-state index >= 15 is 0 Å². The van der Waals surface area contributed by atoms with Gasteiger partial charge >= 0.3 is 0 Å². The second-order valence-corrected chi connectivity index (χ2v) is 10.8. The van der Waals surface area contributed by atoms with Crippen molar-refractivity contribution >= 4 is 11.9 Å². The maximum atomic E-state index is 14.6. The second kappa shape index (κ2) is 12.2. The summed E-state index contributed by atoms with van der Waals surface area (Å²) in [6.07, 6.45) is 11.7. The second-order valence-electron chi connectivity index (χ2n) is 10.8. The summed E-state index contributed by atoms with van der Waals surface area (Å²) in [7, 11) is 1.68. The quantitative estimate of drug-likeness (QED) is 0.464. The zero-order valence-corrected chi connectivity index (χ0v) is 21.9. The molecule has 2 atom stereocenters. The Kier molecular flexibility index (Phi) is 8.54. The third kappa shape index (κ3) is 6.78. The van der Waals surface area contributed by atoms with Crippen molar-refractivity contribution in [3.05, 3.63) is 47.5 Å². The van der Waals surface area contributed by atoms with Gasteiger partial charge in [0.15, 0.2) is 0 Å². The van der Waals surface area contributed by atoms with Crippen LogP contribution in [0.4, 0.5) is 10.3 Å². The van der Waals surface area contributed by atoms with Crippen LogP contribution in [0.5, 0.6) is 5.75 Å². The molecular formula is C29H39FN4O3. The lowest BCUT2D eigenvalue weighted by Crippen LogP contribution is -2.36. The van der Waals surface area contributed by atoms with Gasteiger partial charge in [-0.2, -0.15) is 0 Å². The first-order chi connectivity index (χ1) is 18.1. The fraction of sp³-hybridized carbons (Fsp3) is 0.621. The van der Waals surface area contributed by atoms with E-state index in [2.05, 4.69) is 14.9 Å². The fourth-order valence-corrected chi connectivity index (χ4v) is 5.97. The van der Waals surface area contributed by atoms with E-state index in [1.54, 1.807) is 19.2 Å². The summed E-state index contributed by atoms with van der Waals surface area (Å²) in [4.78, 5) is 25.6. The molecule has 5 rings (SSSR count). The SMILES string of the molecule is COCc1cnc(N2CCC([C@@H]3C[C@@H]3CCOc3ccc(CC(=O)N4CCCCC4)c(F)c3)CC2)nc1. The molecule has 8 heteroatoms. The first-order valence-corrected chi connectivity index (χ1v) is 13.8. The number of carbonyl (C=O) groups is 1. The minimum absolute atomic E-state index is 0.0189. The van der Waals surface area contributed by atoms with E-state index in [9.17, 15) is 9.18 Å². The van der Waals surface area contributed by atoms with Gasteiger partial charge < -0.3 is 19.3 Å². The third-order valence-electron chi connectivity index (χ3n) is 8.24. The number of benzene rings is 1. The number of aromatic nitrogens is 2. The van der Waals surface area contributed by atoms with Crippen LogP contribution < -0.4 is 9.64 Å². The van der Waals surface area contributed by atoms with Crippen molar-refractivity contribution in [1.82, 2.24) is 14.9 Å². The number of hydrogen-bond donors (Lipinski definition) is 0. The van der Waals surface area contributed by atoms with Crippen molar-refractivity contribution in [2.24, 2.45) is 17.8 Å². The number of likely N-dealkylation sites (tertiary alicyclic amines) is 1. The highest BCUT2D eigenvalue weighted by Gasteiger charge is 2.43. The van der Waals surface area contributed by atoms with Crippen LogP contribution in [0.2, 0.25) is 0 Å². The van der Waals surface area contributed by atoms with Crippen molar-refractivity contribution in [2.75, 3.05) is 44.8 Å². The molecule has 2 saturated heterocycles. The Morgan fingerprint density at radius 3 is 2.54 bits per heavy atom. The van der Waals surface area contributed by atoms with Crippen molar-refractivity contribution in [2.45, 2.75) is 58.0 Å². The summed E-state index contributed by atoms with van der Waals surface area (Å²) in [6.45, 7) is 4.73. The lowest BCUT2D eigenvalue weighted by molar-refractivity contribution is -0.131. The molecule has 1 saturated carbocycles. The Hall–Kier alpha value is -2.74. The highest BCUT2D eigenvalue weighted by Crippen LogP contribution is 2.49. The van der Waals surface area contributed by atoms with Gasteiger partial charge in [0.05, 0.1) is 19.6 Å². The number of anilines is 1. The van der Waals surface area contributed by atoms with Gasteiger partial charge in [0.25, 0.3) is 0 Å². The van der Waals surface area contributed by atoms with Crippen molar-refractivity contribution in [3.8, 4) is 5.75 Å². The normalized spacial score (nSPS) is 22.2. The molecule has 1 aromatic heterocycles. The predicted molar refractivity (Wildman–Crippen MR) is 140 cm³/mol. The minimum atomic E-state index is -0.351. The molecule has 1 aliphatic carbocycles. The number of nitrogens with zero attached hydrogens (tertiary/aromatic N) is 4. The van der Waals surface area contributed by atoms with Gasteiger partial charge in [-0.3, -0.25) is 4.79 Å². The molecule has 37 heavy (non-hydrogen) atoms. The smallest absolute Gasteiger partial charge is 0.227 e. The third-order valence-corrected chi connectivity index (χ3v) is 8.24. The monoisotopic (exact) mass is 510 g/mol. The number of ether oxygens (including phenoxy) is 2. The number of methoxy groups -OCH3 is 1. The molecule has 0 unspecified atom stereocenters. The summed E-state index contributed by atoms with van der Waals surface area (Å²) in [6, 6.07) is 4.93. The van der Waals surface area contributed by atoms with E-state index in [0.717, 1.165) is 68.8 Å². The molecule has 0 N–H and O–H groups in total. The maximum absolute atomic E-state index is 14.6. The number of piperidine rings is 2. The zero-order chi connectivity index (χ0) is 25.6.